The van der Waals surface area contributed by atoms with E-state index in [0.717, 1.165) is 23.9 Å². The Balaban J connectivity index is 1.67. The van der Waals surface area contributed by atoms with Crippen molar-refractivity contribution in [1.29, 1.82) is 0 Å². The van der Waals surface area contributed by atoms with Gasteiger partial charge >= 0.3 is 0 Å². The first-order valence-corrected chi connectivity index (χ1v) is 8.54. The topological polar surface area (TPSA) is 81.3 Å². The number of hydrogen-bond acceptors (Lipinski definition) is 4. The zero-order valence-corrected chi connectivity index (χ0v) is 14.3. The summed E-state index contributed by atoms with van der Waals surface area (Å²) in [6.07, 6.45) is 3.49. The third-order valence-corrected chi connectivity index (χ3v) is 4.92. The van der Waals surface area contributed by atoms with Crippen LogP contribution < -0.4 is 4.90 Å². The number of rotatable bonds is 3. The highest BCUT2D eigenvalue weighted by Crippen LogP contribution is 2.31. The Morgan fingerprint density at radius 1 is 1.31 bits per heavy atom. The molecule has 0 radical (unpaired) electrons. The number of aryl methyl sites for hydroxylation is 1. The molecule has 2 heterocycles. The summed E-state index contributed by atoms with van der Waals surface area (Å²) >= 11 is 0. The maximum Gasteiger partial charge on any atom is 0.271 e. The summed E-state index contributed by atoms with van der Waals surface area (Å²) in [7, 11) is 0. The van der Waals surface area contributed by atoms with Crippen molar-refractivity contribution in [2.75, 3.05) is 4.90 Å². The number of aromatic nitrogens is 2. The molecule has 0 N–H and O–H groups in total. The average Bonchev–Trinajstić information content (AvgIpc) is 3.03. The van der Waals surface area contributed by atoms with E-state index in [-0.39, 0.29) is 24.2 Å². The monoisotopic (exact) mass is 350 g/mol. The van der Waals surface area contributed by atoms with Crippen molar-refractivity contribution < 1.29 is 9.72 Å². The number of hydrogen-bond donors (Lipinski definition) is 0. The molecule has 4 rings (SSSR count). The Morgan fingerprint density at radius 2 is 2.12 bits per heavy atom. The van der Waals surface area contributed by atoms with Gasteiger partial charge in [-0.2, -0.15) is 5.10 Å². The van der Waals surface area contributed by atoms with Crippen molar-refractivity contribution >= 4 is 28.2 Å². The number of anilines is 1. The quantitative estimate of drug-likeness (QED) is 0.536. The fourth-order valence-electron chi connectivity index (χ4n) is 3.57. The normalized spacial score (nSPS) is 16.5. The van der Waals surface area contributed by atoms with Crippen LogP contribution >= 0.6 is 0 Å². The number of amides is 1. The Hall–Kier alpha value is -3.22. The molecule has 26 heavy (non-hydrogen) atoms. The fourth-order valence-corrected chi connectivity index (χ4v) is 3.57. The molecule has 1 aromatic heterocycles. The van der Waals surface area contributed by atoms with Gasteiger partial charge in [-0.3, -0.25) is 19.6 Å². The van der Waals surface area contributed by atoms with Crippen molar-refractivity contribution in [2.24, 2.45) is 0 Å². The Labute approximate surface area is 150 Å². The van der Waals surface area contributed by atoms with E-state index < -0.39 is 4.92 Å². The summed E-state index contributed by atoms with van der Waals surface area (Å²) in [4.78, 5) is 25.4. The molecule has 0 bridgehead atoms. The lowest BCUT2D eigenvalue weighted by atomic mass is 9.96. The summed E-state index contributed by atoms with van der Waals surface area (Å²) < 4.78 is 1.54. The van der Waals surface area contributed by atoms with Crippen LogP contribution in [0.3, 0.4) is 0 Å². The molecular formula is C19H18N4O3. The molecule has 0 spiro atoms. The SMILES string of the molecule is CC1CCc2ccccc2N1C(=O)Cn1ncc2ccc([N+](=O)[O-])cc21. The second-order valence-corrected chi connectivity index (χ2v) is 6.58. The number of fused-ring (bicyclic) bond motifs is 2. The first-order valence-electron chi connectivity index (χ1n) is 8.54. The first kappa shape index (κ1) is 16.3. The van der Waals surface area contributed by atoms with E-state index in [1.165, 1.54) is 22.4 Å². The number of carbonyl (C=O) groups is 1. The van der Waals surface area contributed by atoms with Gasteiger partial charge < -0.3 is 4.90 Å². The molecule has 7 heteroatoms. The first-order chi connectivity index (χ1) is 12.5. The zero-order valence-electron chi connectivity index (χ0n) is 14.3. The number of nitro groups is 1. The van der Waals surface area contributed by atoms with E-state index in [0.29, 0.717) is 5.52 Å². The fraction of sp³-hybridized carbons (Fsp3) is 0.263. The van der Waals surface area contributed by atoms with Gasteiger partial charge in [0, 0.05) is 29.2 Å². The second-order valence-electron chi connectivity index (χ2n) is 6.58. The third-order valence-electron chi connectivity index (χ3n) is 4.92. The summed E-state index contributed by atoms with van der Waals surface area (Å²) in [5, 5.41) is 16.1. The van der Waals surface area contributed by atoms with E-state index >= 15 is 0 Å². The van der Waals surface area contributed by atoms with Gasteiger partial charge in [-0.25, -0.2) is 0 Å². The maximum atomic E-state index is 13.0. The van der Waals surface area contributed by atoms with Crippen LogP contribution in [0.25, 0.3) is 10.9 Å². The molecule has 1 aliphatic rings. The lowest BCUT2D eigenvalue weighted by Crippen LogP contribution is -2.43. The number of benzene rings is 2. The molecule has 0 saturated carbocycles. The van der Waals surface area contributed by atoms with Crippen LogP contribution in [0.1, 0.15) is 18.9 Å². The van der Waals surface area contributed by atoms with Gasteiger partial charge in [-0.05, 0) is 37.5 Å². The Kier molecular flexibility index (Phi) is 3.91. The van der Waals surface area contributed by atoms with Crippen LogP contribution in [-0.2, 0) is 17.8 Å². The van der Waals surface area contributed by atoms with Crippen molar-refractivity contribution in [3.63, 3.8) is 0 Å². The minimum atomic E-state index is -0.443. The van der Waals surface area contributed by atoms with Gasteiger partial charge in [0.15, 0.2) is 0 Å². The zero-order chi connectivity index (χ0) is 18.3. The summed E-state index contributed by atoms with van der Waals surface area (Å²) in [6, 6.07) is 12.6. The van der Waals surface area contributed by atoms with Crippen molar-refractivity contribution in [2.45, 2.75) is 32.4 Å². The van der Waals surface area contributed by atoms with Gasteiger partial charge in [-0.1, -0.05) is 18.2 Å². The van der Waals surface area contributed by atoms with Crippen LogP contribution in [0, 0.1) is 10.1 Å². The summed E-state index contributed by atoms with van der Waals surface area (Å²) in [5.74, 6) is -0.0684. The minimum Gasteiger partial charge on any atom is -0.308 e. The van der Waals surface area contributed by atoms with Gasteiger partial charge in [0.2, 0.25) is 5.91 Å². The molecule has 7 nitrogen and oxygen atoms in total. The summed E-state index contributed by atoms with van der Waals surface area (Å²) in [6.45, 7) is 2.09. The van der Waals surface area contributed by atoms with Crippen molar-refractivity contribution in [3.8, 4) is 0 Å². The predicted octanol–water partition coefficient (Wildman–Crippen LogP) is 3.31. The highest BCUT2D eigenvalue weighted by Gasteiger charge is 2.28. The average molecular weight is 350 g/mol. The number of nitrogens with zero attached hydrogens (tertiary/aromatic N) is 4. The smallest absolute Gasteiger partial charge is 0.271 e. The van der Waals surface area contributed by atoms with Crippen LogP contribution in [0.2, 0.25) is 0 Å². The van der Waals surface area contributed by atoms with E-state index in [1.807, 2.05) is 36.1 Å². The predicted molar refractivity (Wildman–Crippen MR) is 98.1 cm³/mol. The maximum absolute atomic E-state index is 13.0. The van der Waals surface area contributed by atoms with Crippen LogP contribution in [0.4, 0.5) is 11.4 Å². The highest BCUT2D eigenvalue weighted by atomic mass is 16.6. The van der Waals surface area contributed by atoms with Gasteiger partial charge in [0.25, 0.3) is 5.69 Å². The van der Waals surface area contributed by atoms with E-state index in [9.17, 15) is 14.9 Å². The lowest BCUT2D eigenvalue weighted by Gasteiger charge is -2.35. The van der Waals surface area contributed by atoms with Gasteiger partial charge in [0.05, 0.1) is 16.6 Å². The molecule has 1 amide bonds. The van der Waals surface area contributed by atoms with Gasteiger partial charge in [-0.15, -0.1) is 0 Å². The number of carbonyl (C=O) groups excluding carboxylic acids is 1. The van der Waals surface area contributed by atoms with E-state index in [2.05, 4.69) is 5.10 Å². The van der Waals surface area contributed by atoms with Crippen molar-refractivity contribution in [1.82, 2.24) is 9.78 Å². The highest BCUT2D eigenvalue weighted by molar-refractivity contribution is 5.96. The molecular weight excluding hydrogens is 332 g/mol. The molecule has 1 unspecified atom stereocenters. The molecule has 0 saturated heterocycles. The Bertz CT molecular complexity index is 1010. The molecule has 1 aliphatic heterocycles. The lowest BCUT2D eigenvalue weighted by molar-refractivity contribution is -0.384. The van der Waals surface area contributed by atoms with Crippen molar-refractivity contribution in [3.05, 3.63) is 64.3 Å². The Morgan fingerprint density at radius 3 is 2.92 bits per heavy atom. The summed E-state index contributed by atoms with van der Waals surface area (Å²) in [5.41, 5.74) is 2.69. The number of nitro benzene ring substituents is 1. The van der Waals surface area contributed by atoms with Crippen LogP contribution in [-0.4, -0.2) is 26.7 Å². The van der Waals surface area contributed by atoms with E-state index in [4.69, 9.17) is 0 Å². The molecule has 3 aromatic rings. The number of para-hydroxylation sites is 1. The molecule has 1 atom stereocenters. The molecule has 132 valence electrons. The van der Waals surface area contributed by atoms with Gasteiger partial charge in [0.1, 0.15) is 6.54 Å². The molecule has 2 aromatic carbocycles. The standard InChI is InChI=1S/C19H18N4O3/c1-13-6-7-14-4-2-3-5-17(14)22(13)19(24)12-21-18-10-16(23(25)26)9-8-15(18)11-20-21/h2-5,8-11,13H,6-7,12H2,1H3. The largest absolute Gasteiger partial charge is 0.308 e. The van der Waals surface area contributed by atoms with E-state index in [1.54, 1.807) is 12.3 Å². The molecule has 0 fully saturated rings. The van der Waals surface area contributed by atoms with Crippen LogP contribution in [0.5, 0.6) is 0 Å². The van der Waals surface area contributed by atoms with Crippen LogP contribution in [0.15, 0.2) is 48.7 Å². The molecule has 0 aliphatic carbocycles. The number of non-ortho nitro benzene ring substituents is 1. The third kappa shape index (κ3) is 2.71. The minimum absolute atomic E-state index is 0.0108. The second kappa shape index (κ2) is 6.25.